The van der Waals surface area contributed by atoms with E-state index in [2.05, 4.69) is 29.3 Å². The molecule has 1 aliphatic rings. The molecule has 17 heavy (non-hydrogen) atoms. The van der Waals surface area contributed by atoms with E-state index >= 15 is 0 Å². The van der Waals surface area contributed by atoms with Gasteiger partial charge in [-0.2, -0.15) is 0 Å². The van der Waals surface area contributed by atoms with Crippen molar-refractivity contribution in [3.63, 3.8) is 0 Å². The Hall–Kier alpha value is -1.29. The predicted octanol–water partition coefficient (Wildman–Crippen LogP) is 2.23. The van der Waals surface area contributed by atoms with E-state index in [4.69, 9.17) is 0 Å². The molecule has 0 aliphatic carbocycles. The third-order valence-corrected chi connectivity index (χ3v) is 3.62. The molecule has 2 atom stereocenters. The van der Waals surface area contributed by atoms with Gasteiger partial charge in [0.2, 0.25) is 0 Å². The van der Waals surface area contributed by atoms with Gasteiger partial charge in [-0.15, -0.1) is 0 Å². The fourth-order valence-corrected chi connectivity index (χ4v) is 2.51. The molecule has 2 rings (SSSR count). The second kappa shape index (κ2) is 4.92. The molecule has 94 valence electrons. The van der Waals surface area contributed by atoms with Crippen molar-refractivity contribution in [1.82, 2.24) is 15.4 Å². The molecule has 1 aliphatic heterocycles. The topological polar surface area (TPSA) is 48.1 Å². The number of carbonyl (C=O) groups excluding carboxylic acids is 1. The highest BCUT2D eigenvalue weighted by Crippen LogP contribution is 2.20. The van der Waals surface area contributed by atoms with E-state index in [1.165, 1.54) is 6.42 Å². The molecule has 0 radical (unpaired) electrons. The Morgan fingerprint density at radius 2 is 2.00 bits per heavy atom. The minimum Gasteiger partial charge on any atom is -0.367 e. The number of hydrogen-bond acceptors (Lipinski definition) is 2. The molecular weight excluding hydrogens is 214 g/mol. The second-order valence-corrected chi connectivity index (χ2v) is 5.03. The van der Waals surface area contributed by atoms with Crippen LogP contribution in [0.3, 0.4) is 0 Å². The first kappa shape index (κ1) is 12.2. The summed E-state index contributed by atoms with van der Waals surface area (Å²) in [5.74, 6) is -0.00986. The van der Waals surface area contributed by atoms with Crippen molar-refractivity contribution in [2.24, 2.45) is 0 Å². The summed E-state index contributed by atoms with van der Waals surface area (Å²) >= 11 is 0. The van der Waals surface area contributed by atoms with Crippen LogP contribution >= 0.6 is 0 Å². The molecule has 1 aromatic rings. The summed E-state index contributed by atoms with van der Waals surface area (Å²) in [5.41, 5.74) is 4.75. The largest absolute Gasteiger partial charge is 0.367 e. The van der Waals surface area contributed by atoms with Crippen LogP contribution in [0.4, 0.5) is 0 Å². The summed E-state index contributed by atoms with van der Waals surface area (Å²) in [6.45, 7) is 6.27. The van der Waals surface area contributed by atoms with Gasteiger partial charge in [0.15, 0.2) is 0 Å². The quantitative estimate of drug-likeness (QED) is 0.826. The number of aromatic nitrogens is 1. The summed E-state index contributed by atoms with van der Waals surface area (Å²) < 4.78 is 0. The SMILES string of the molecule is Cc1c[nH]cc1C(=O)NN1[C@H](C)CCC[C@H]1C. The Bertz CT molecular complexity index is 389. The van der Waals surface area contributed by atoms with E-state index in [0.29, 0.717) is 12.1 Å². The predicted molar refractivity (Wildman–Crippen MR) is 67.6 cm³/mol. The molecule has 4 heteroatoms. The monoisotopic (exact) mass is 235 g/mol. The van der Waals surface area contributed by atoms with Crippen LogP contribution in [0.5, 0.6) is 0 Å². The van der Waals surface area contributed by atoms with Crippen molar-refractivity contribution in [2.75, 3.05) is 0 Å². The van der Waals surface area contributed by atoms with E-state index in [1.807, 2.05) is 13.1 Å². The van der Waals surface area contributed by atoms with Crippen LogP contribution in [0.25, 0.3) is 0 Å². The number of piperidine rings is 1. The standard InChI is InChI=1S/C13H21N3O/c1-9-7-14-8-12(9)13(17)15-16-10(2)5-4-6-11(16)3/h7-8,10-11,14H,4-6H2,1-3H3,(H,15,17)/t10-,11-/m1/s1. The lowest BCUT2D eigenvalue weighted by atomic mass is 10.00. The number of rotatable bonds is 2. The van der Waals surface area contributed by atoms with Gasteiger partial charge in [-0.1, -0.05) is 6.42 Å². The average molecular weight is 235 g/mol. The number of nitrogens with zero attached hydrogens (tertiary/aromatic N) is 1. The van der Waals surface area contributed by atoms with Crippen molar-refractivity contribution >= 4 is 5.91 Å². The summed E-state index contributed by atoms with van der Waals surface area (Å²) in [7, 11) is 0. The summed E-state index contributed by atoms with van der Waals surface area (Å²) in [5, 5.41) is 2.10. The minimum absolute atomic E-state index is 0.00986. The highest BCUT2D eigenvalue weighted by molar-refractivity contribution is 5.95. The molecule has 1 saturated heterocycles. The van der Waals surface area contributed by atoms with Crippen LogP contribution in [0.1, 0.15) is 49.0 Å². The minimum atomic E-state index is -0.00986. The number of nitrogens with one attached hydrogen (secondary N) is 2. The number of carbonyl (C=O) groups is 1. The Kier molecular flexibility index (Phi) is 3.52. The molecule has 0 spiro atoms. The molecule has 0 aromatic carbocycles. The van der Waals surface area contributed by atoms with Crippen LogP contribution in [0, 0.1) is 6.92 Å². The number of hydrazine groups is 1. The Balaban J connectivity index is 2.05. The van der Waals surface area contributed by atoms with Gasteiger partial charge in [0.05, 0.1) is 5.56 Å². The van der Waals surface area contributed by atoms with Gasteiger partial charge in [0, 0.05) is 24.5 Å². The number of aromatic amines is 1. The maximum Gasteiger partial charge on any atom is 0.267 e. The lowest BCUT2D eigenvalue weighted by molar-refractivity contribution is 0.0369. The van der Waals surface area contributed by atoms with Crippen molar-refractivity contribution < 1.29 is 4.79 Å². The van der Waals surface area contributed by atoms with Gasteiger partial charge in [-0.25, -0.2) is 5.01 Å². The molecule has 1 fully saturated rings. The molecule has 1 aromatic heterocycles. The van der Waals surface area contributed by atoms with Crippen LogP contribution in [-0.2, 0) is 0 Å². The number of aryl methyl sites for hydroxylation is 1. The van der Waals surface area contributed by atoms with Crippen molar-refractivity contribution in [3.05, 3.63) is 23.5 Å². The Morgan fingerprint density at radius 1 is 1.35 bits per heavy atom. The third kappa shape index (κ3) is 2.52. The molecule has 0 unspecified atom stereocenters. The van der Waals surface area contributed by atoms with E-state index in [1.54, 1.807) is 6.20 Å². The fourth-order valence-electron chi connectivity index (χ4n) is 2.51. The zero-order valence-corrected chi connectivity index (χ0v) is 10.8. The molecule has 1 amide bonds. The number of H-pyrrole nitrogens is 1. The van der Waals surface area contributed by atoms with Crippen molar-refractivity contribution in [1.29, 1.82) is 0 Å². The van der Waals surface area contributed by atoms with Crippen molar-refractivity contribution in [3.8, 4) is 0 Å². The van der Waals surface area contributed by atoms with Crippen LogP contribution < -0.4 is 5.43 Å². The first-order valence-electron chi connectivity index (χ1n) is 6.32. The van der Waals surface area contributed by atoms with Gasteiger partial charge in [0.1, 0.15) is 0 Å². The van der Waals surface area contributed by atoms with Gasteiger partial charge >= 0.3 is 0 Å². The average Bonchev–Trinajstić information content (AvgIpc) is 2.70. The Morgan fingerprint density at radius 3 is 2.53 bits per heavy atom. The highest BCUT2D eigenvalue weighted by atomic mass is 16.2. The summed E-state index contributed by atoms with van der Waals surface area (Å²) in [4.78, 5) is 15.1. The van der Waals surface area contributed by atoms with E-state index in [9.17, 15) is 4.79 Å². The van der Waals surface area contributed by atoms with Gasteiger partial charge in [0.25, 0.3) is 5.91 Å². The maximum atomic E-state index is 12.1. The maximum absolute atomic E-state index is 12.1. The molecule has 4 nitrogen and oxygen atoms in total. The molecule has 0 saturated carbocycles. The van der Waals surface area contributed by atoms with E-state index in [0.717, 1.165) is 24.0 Å². The second-order valence-electron chi connectivity index (χ2n) is 5.03. The number of amides is 1. The van der Waals surface area contributed by atoms with Crippen LogP contribution in [0.15, 0.2) is 12.4 Å². The highest BCUT2D eigenvalue weighted by Gasteiger charge is 2.26. The van der Waals surface area contributed by atoms with Crippen molar-refractivity contribution in [2.45, 2.75) is 52.1 Å². The molecular formula is C13H21N3O. The number of hydrogen-bond donors (Lipinski definition) is 2. The zero-order chi connectivity index (χ0) is 12.4. The van der Waals surface area contributed by atoms with Gasteiger partial charge in [-0.05, 0) is 39.2 Å². The molecule has 2 heterocycles. The molecule has 2 N–H and O–H groups in total. The van der Waals surface area contributed by atoms with Gasteiger partial charge in [-0.3, -0.25) is 10.2 Å². The fraction of sp³-hybridized carbons (Fsp3) is 0.615. The normalized spacial score (nSPS) is 25.8. The lowest BCUT2D eigenvalue weighted by Gasteiger charge is -2.38. The third-order valence-electron chi connectivity index (χ3n) is 3.62. The van der Waals surface area contributed by atoms with Gasteiger partial charge < -0.3 is 4.98 Å². The van der Waals surface area contributed by atoms with E-state index < -0.39 is 0 Å². The smallest absolute Gasteiger partial charge is 0.267 e. The summed E-state index contributed by atoms with van der Waals surface area (Å²) in [6.07, 6.45) is 7.15. The van der Waals surface area contributed by atoms with E-state index in [-0.39, 0.29) is 5.91 Å². The first-order valence-corrected chi connectivity index (χ1v) is 6.32. The molecule has 0 bridgehead atoms. The van der Waals surface area contributed by atoms with Crippen LogP contribution in [0.2, 0.25) is 0 Å². The lowest BCUT2D eigenvalue weighted by Crippen LogP contribution is -2.54. The van der Waals surface area contributed by atoms with Crippen LogP contribution in [-0.4, -0.2) is 28.0 Å². The first-order chi connectivity index (χ1) is 8.09. The zero-order valence-electron chi connectivity index (χ0n) is 10.8. The Labute approximate surface area is 102 Å². The summed E-state index contributed by atoms with van der Waals surface area (Å²) in [6, 6.07) is 0.837.